The highest BCUT2D eigenvalue weighted by Gasteiger charge is 2.11. The Morgan fingerprint density at radius 3 is 2.86 bits per heavy atom. The molecule has 2 aromatic rings. The van der Waals surface area contributed by atoms with Gasteiger partial charge in [0.25, 0.3) is 5.91 Å². The molecule has 2 rings (SSSR count). The molecule has 5 nitrogen and oxygen atoms in total. The number of benzene rings is 1. The Hall–Kier alpha value is -1.18. The number of carbonyl (C=O) groups excluding carboxylic acids is 1. The molecule has 0 fully saturated rings. The SMILES string of the molecule is CC(C)c1nnc(NC(=O)COc2ccc(Cl)cc2Br)s1. The number of aromatic nitrogens is 2. The molecule has 0 aliphatic carbocycles. The number of hydrogen-bond acceptors (Lipinski definition) is 5. The molecule has 1 aromatic heterocycles. The lowest BCUT2D eigenvalue weighted by molar-refractivity contribution is -0.118. The van der Waals surface area contributed by atoms with Gasteiger partial charge in [0.2, 0.25) is 5.13 Å². The average Bonchev–Trinajstić information content (AvgIpc) is 2.86. The van der Waals surface area contributed by atoms with Crippen LogP contribution in [0.25, 0.3) is 0 Å². The molecular formula is C13H13BrClN3O2S. The molecule has 0 radical (unpaired) electrons. The number of hydrogen-bond donors (Lipinski definition) is 1. The minimum Gasteiger partial charge on any atom is -0.483 e. The van der Waals surface area contributed by atoms with Crippen molar-refractivity contribution in [1.82, 2.24) is 10.2 Å². The van der Waals surface area contributed by atoms with Crippen LogP contribution in [0.4, 0.5) is 5.13 Å². The zero-order valence-electron chi connectivity index (χ0n) is 11.4. The van der Waals surface area contributed by atoms with E-state index in [0.717, 1.165) is 5.01 Å². The van der Waals surface area contributed by atoms with Gasteiger partial charge in [0.1, 0.15) is 10.8 Å². The highest BCUT2D eigenvalue weighted by atomic mass is 79.9. The normalized spacial score (nSPS) is 10.7. The van der Waals surface area contributed by atoms with Gasteiger partial charge in [0, 0.05) is 10.9 Å². The van der Waals surface area contributed by atoms with Gasteiger partial charge in [-0.05, 0) is 34.1 Å². The second-order valence-corrected chi connectivity index (χ2v) is 6.81. The maximum absolute atomic E-state index is 11.8. The molecule has 0 unspecified atom stereocenters. The van der Waals surface area contributed by atoms with Crippen molar-refractivity contribution in [2.45, 2.75) is 19.8 Å². The van der Waals surface area contributed by atoms with Gasteiger partial charge in [-0.3, -0.25) is 10.1 Å². The molecule has 21 heavy (non-hydrogen) atoms. The Morgan fingerprint density at radius 1 is 1.48 bits per heavy atom. The van der Waals surface area contributed by atoms with Crippen molar-refractivity contribution in [3.63, 3.8) is 0 Å². The Kier molecular flexibility index (Phi) is 5.55. The third-order valence-corrected chi connectivity index (χ3v) is 4.43. The highest BCUT2D eigenvalue weighted by Crippen LogP contribution is 2.28. The van der Waals surface area contributed by atoms with E-state index in [4.69, 9.17) is 16.3 Å². The zero-order chi connectivity index (χ0) is 15.4. The van der Waals surface area contributed by atoms with Gasteiger partial charge in [-0.1, -0.05) is 36.8 Å². The van der Waals surface area contributed by atoms with Crippen LogP contribution in [0.5, 0.6) is 5.75 Å². The number of ether oxygens (including phenoxy) is 1. The van der Waals surface area contributed by atoms with E-state index in [0.29, 0.717) is 20.4 Å². The predicted molar refractivity (Wildman–Crippen MR) is 87.3 cm³/mol. The van der Waals surface area contributed by atoms with Crippen LogP contribution >= 0.6 is 38.9 Å². The van der Waals surface area contributed by atoms with E-state index in [-0.39, 0.29) is 18.4 Å². The monoisotopic (exact) mass is 389 g/mol. The van der Waals surface area contributed by atoms with Gasteiger partial charge >= 0.3 is 0 Å². The summed E-state index contributed by atoms with van der Waals surface area (Å²) in [7, 11) is 0. The number of nitrogens with zero attached hydrogens (tertiary/aromatic N) is 2. The van der Waals surface area contributed by atoms with Gasteiger partial charge in [0.15, 0.2) is 6.61 Å². The first-order valence-electron chi connectivity index (χ1n) is 6.17. The van der Waals surface area contributed by atoms with Crippen molar-refractivity contribution >= 4 is 49.9 Å². The first-order valence-corrected chi connectivity index (χ1v) is 8.15. The summed E-state index contributed by atoms with van der Waals surface area (Å²) in [4.78, 5) is 11.8. The van der Waals surface area contributed by atoms with Crippen LogP contribution in [0.3, 0.4) is 0 Å². The van der Waals surface area contributed by atoms with Gasteiger partial charge in [0.05, 0.1) is 4.47 Å². The van der Waals surface area contributed by atoms with E-state index < -0.39 is 0 Å². The standard InChI is InChI=1S/C13H13BrClN3O2S/c1-7(2)12-17-18-13(21-12)16-11(19)6-20-10-4-3-8(15)5-9(10)14/h3-5,7H,6H2,1-2H3,(H,16,18,19). The second kappa shape index (κ2) is 7.20. The van der Waals surface area contributed by atoms with Crippen LogP contribution in [-0.4, -0.2) is 22.7 Å². The van der Waals surface area contributed by atoms with Gasteiger partial charge in [-0.15, -0.1) is 10.2 Å². The molecule has 0 aliphatic heterocycles. The summed E-state index contributed by atoms with van der Waals surface area (Å²) in [6, 6.07) is 5.09. The molecule has 1 aromatic carbocycles. The summed E-state index contributed by atoms with van der Waals surface area (Å²) in [5, 5.41) is 12.5. The van der Waals surface area contributed by atoms with Crippen molar-refractivity contribution in [1.29, 1.82) is 0 Å². The summed E-state index contributed by atoms with van der Waals surface area (Å²) in [5.74, 6) is 0.549. The van der Waals surface area contributed by atoms with E-state index in [1.54, 1.807) is 18.2 Å². The van der Waals surface area contributed by atoms with E-state index in [1.807, 2.05) is 13.8 Å². The molecule has 1 N–H and O–H groups in total. The predicted octanol–water partition coefficient (Wildman–Crippen LogP) is 4.09. The fourth-order valence-corrected chi connectivity index (χ4v) is 2.97. The van der Waals surface area contributed by atoms with Crippen LogP contribution in [0, 0.1) is 0 Å². The smallest absolute Gasteiger partial charge is 0.264 e. The number of halogens is 2. The number of nitrogens with one attached hydrogen (secondary N) is 1. The van der Waals surface area contributed by atoms with Crippen molar-refractivity contribution in [3.8, 4) is 5.75 Å². The van der Waals surface area contributed by atoms with Crippen molar-refractivity contribution in [3.05, 3.63) is 32.7 Å². The molecule has 1 amide bonds. The number of amides is 1. The minimum atomic E-state index is -0.289. The van der Waals surface area contributed by atoms with Crippen LogP contribution in [0.1, 0.15) is 24.8 Å². The van der Waals surface area contributed by atoms with E-state index in [1.165, 1.54) is 11.3 Å². The molecule has 8 heteroatoms. The summed E-state index contributed by atoms with van der Waals surface area (Å²) in [5.41, 5.74) is 0. The van der Waals surface area contributed by atoms with Crippen molar-refractivity contribution in [2.24, 2.45) is 0 Å². The van der Waals surface area contributed by atoms with Crippen LogP contribution in [-0.2, 0) is 4.79 Å². The molecule has 1 heterocycles. The van der Waals surface area contributed by atoms with Crippen LogP contribution in [0.15, 0.2) is 22.7 Å². The summed E-state index contributed by atoms with van der Waals surface area (Å²) >= 11 is 10.5. The Labute approximate surface area is 139 Å². The second-order valence-electron chi connectivity index (χ2n) is 4.51. The molecule has 0 saturated heterocycles. The number of rotatable bonds is 5. The Bertz CT molecular complexity index is 648. The Morgan fingerprint density at radius 2 is 2.24 bits per heavy atom. The fourth-order valence-electron chi connectivity index (χ4n) is 1.41. The first kappa shape index (κ1) is 16.2. The lowest BCUT2D eigenvalue weighted by atomic mass is 10.2. The lowest BCUT2D eigenvalue weighted by Gasteiger charge is -2.07. The number of anilines is 1. The van der Waals surface area contributed by atoms with Gasteiger partial charge < -0.3 is 4.74 Å². The maximum atomic E-state index is 11.8. The Balaban J connectivity index is 1.89. The molecule has 112 valence electrons. The van der Waals surface area contributed by atoms with Crippen molar-refractivity contribution in [2.75, 3.05) is 11.9 Å². The highest BCUT2D eigenvalue weighted by molar-refractivity contribution is 9.10. The van der Waals surface area contributed by atoms with Crippen molar-refractivity contribution < 1.29 is 9.53 Å². The zero-order valence-corrected chi connectivity index (χ0v) is 14.6. The fraction of sp³-hybridized carbons (Fsp3) is 0.308. The molecular weight excluding hydrogens is 378 g/mol. The lowest BCUT2D eigenvalue weighted by Crippen LogP contribution is -2.20. The largest absolute Gasteiger partial charge is 0.483 e. The van der Waals surface area contributed by atoms with E-state index in [9.17, 15) is 4.79 Å². The maximum Gasteiger partial charge on any atom is 0.264 e. The molecule has 0 spiro atoms. The molecule has 0 atom stereocenters. The van der Waals surface area contributed by atoms with Gasteiger partial charge in [-0.2, -0.15) is 0 Å². The van der Waals surface area contributed by atoms with Crippen LogP contribution < -0.4 is 10.1 Å². The molecule has 0 saturated carbocycles. The first-order chi connectivity index (χ1) is 9.95. The minimum absolute atomic E-state index is 0.114. The van der Waals surface area contributed by atoms with Gasteiger partial charge in [-0.25, -0.2) is 0 Å². The van der Waals surface area contributed by atoms with E-state index in [2.05, 4.69) is 31.4 Å². The number of carbonyl (C=O) groups is 1. The average molecular weight is 391 g/mol. The summed E-state index contributed by atoms with van der Waals surface area (Å²) in [6.07, 6.45) is 0. The van der Waals surface area contributed by atoms with Crippen LogP contribution in [0.2, 0.25) is 5.02 Å². The molecule has 0 bridgehead atoms. The topological polar surface area (TPSA) is 64.1 Å². The molecule has 0 aliphatic rings. The third kappa shape index (κ3) is 4.66. The summed E-state index contributed by atoms with van der Waals surface area (Å²) < 4.78 is 6.11. The van der Waals surface area contributed by atoms with E-state index >= 15 is 0 Å². The quantitative estimate of drug-likeness (QED) is 0.835. The summed E-state index contributed by atoms with van der Waals surface area (Å²) in [6.45, 7) is 3.93. The third-order valence-electron chi connectivity index (χ3n) is 2.43.